The largest absolute Gasteiger partial charge is 0.323 e. The zero-order valence-electron chi connectivity index (χ0n) is 13.5. The highest BCUT2D eigenvalue weighted by Gasteiger charge is 2.11. The highest BCUT2D eigenvalue weighted by molar-refractivity contribution is 7.08. The maximum atomic E-state index is 12.2. The maximum absolute atomic E-state index is 12.2. The van der Waals surface area contributed by atoms with E-state index in [9.17, 15) is 4.79 Å². The fraction of sp³-hybridized carbons (Fsp3) is 0.222. The summed E-state index contributed by atoms with van der Waals surface area (Å²) in [7, 11) is 0. The molecule has 0 saturated heterocycles. The molecular weight excluding hydrogens is 320 g/mol. The van der Waals surface area contributed by atoms with Crippen LogP contribution in [0.5, 0.6) is 0 Å². The van der Waals surface area contributed by atoms with Crippen molar-refractivity contribution in [2.24, 2.45) is 0 Å². The molecule has 2 heterocycles. The van der Waals surface area contributed by atoms with Crippen LogP contribution in [0.3, 0.4) is 0 Å². The van der Waals surface area contributed by atoms with Gasteiger partial charge in [-0.15, -0.1) is 0 Å². The molecule has 3 rings (SSSR count). The molecule has 124 valence electrons. The third kappa shape index (κ3) is 4.02. The van der Waals surface area contributed by atoms with Crippen molar-refractivity contribution >= 4 is 28.7 Å². The first-order chi connectivity index (χ1) is 11.8. The minimum Gasteiger partial charge on any atom is -0.308 e. The van der Waals surface area contributed by atoms with Gasteiger partial charge in [-0.05, 0) is 42.0 Å². The van der Waals surface area contributed by atoms with Crippen molar-refractivity contribution in [1.29, 1.82) is 0 Å². The summed E-state index contributed by atoms with van der Waals surface area (Å²) in [5.41, 5.74) is 4.53. The van der Waals surface area contributed by atoms with Gasteiger partial charge in [-0.3, -0.25) is 5.10 Å². The van der Waals surface area contributed by atoms with Gasteiger partial charge in [0, 0.05) is 16.6 Å². The minimum absolute atomic E-state index is 0.283. The number of carbonyl (C=O) groups is 1. The number of H-pyrrole nitrogens is 1. The van der Waals surface area contributed by atoms with Gasteiger partial charge in [0.05, 0.1) is 17.6 Å². The number of anilines is 2. The molecule has 1 aromatic carbocycles. The number of aromatic amines is 1. The summed E-state index contributed by atoms with van der Waals surface area (Å²) >= 11 is 1.60. The van der Waals surface area contributed by atoms with E-state index in [1.807, 2.05) is 29.0 Å². The molecular formula is C18H20N4OS. The first-order valence-corrected chi connectivity index (χ1v) is 8.93. The van der Waals surface area contributed by atoms with Crippen molar-refractivity contribution in [3.05, 3.63) is 52.9 Å². The Balaban J connectivity index is 1.61. The number of aryl methyl sites for hydroxylation is 1. The normalized spacial score (nSPS) is 10.5. The molecule has 0 fully saturated rings. The van der Waals surface area contributed by atoms with E-state index >= 15 is 0 Å². The molecule has 2 aromatic heterocycles. The smallest absolute Gasteiger partial charge is 0.308 e. The SMILES string of the molecule is CCCCc1ccc(NC(=O)Nc2cn[nH]c2-c2ccsc2)cc1. The van der Waals surface area contributed by atoms with Gasteiger partial charge in [-0.1, -0.05) is 25.5 Å². The second kappa shape index (κ2) is 7.79. The Labute approximate surface area is 145 Å². The minimum atomic E-state index is -0.283. The predicted molar refractivity (Wildman–Crippen MR) is 99.6 cm³/mol. The Morgan fingerprint density at radius 2 is 2.04 bits per heavy atom. The number of hydrogen-bond donors (Lipinski definition) is 3. The Bertz CT molecular complexity index is 778. The lowest BCUT2D eigenvalue weighted by atomic mass is 10.1. The zero-order chi connectivity index (χ0) is 16.8. The number of amides is 2. The monoisotopic (exact) mass is 340 g/mol. The van der Waals surface area contributed by atoms with E-state index < -0.39 is 0 Å². The summed E-state index contributed by atoms with van der Waals surface area (Å²) < 4.78 is 0. The number of urea groups is 1. The van der Waals surface area contributed by atoms with Crippen LogP contribution >= 0.6 is 11.3 Å². The number of aromatic nitrogens is 2. The maximum Gasteiger partial charge on any atom is 0.323 e. The van der Waals surface area contributed by atoms with Crippen LogP contribution in [0, 0.1) is 0 Å². The number of nitrogens with zero attached hydrogens (tertiary/aromatic N) is 1. The van der Waals surface area contributed by atoms with E-state index in [1.165, 1.54) is 18.4 Å². The van der Waals surface area contributed by atoms with Gasteiger partial charge in [0.1, 0.15) is 0 Å². The molecule has 2 amide bonds. The lowest BCUT2D eigenvalue weighted by Crippen LogP contribution is -2.19. The molecule has 0 aliphatic rings. The third-order valence-corrected chi connectivity index (χ3v) is 4.41. The van der Waals surface area contributed by atoms with E-state index in [2.05, 4.69) is 39.9 Å². The quantitative estimate of drug-likeness (QED) is 0.582. The summed E-state index contributed by atoms with van der Waals surface area (Å²) in [5.74, 6) is 0. The number of nitrogens with one attached hydrogen (secondary N) is 3. The predicted octanol–water partition coefficient (Wildman–Crippen LogP) is 5.12. The highest BCUT2D eigenvalue weighted by atomic mass is 32.1. The molecule has 0 aliphatic heterocycles. The number of rotatable bonds is 6. The number of hydrogen-bond acceptors (Lipinski definition) is 3. The van der Waals surface area contributed by atoms with Crippen molar-refractivity contribution in [3.63, 3.8) is 0 Å². The third-order valence-electron chi connectivity index (χ3n) is 3.73. The standard InChI is InChI=1S/C18H20N4OS/c1-2-3-4-13-5-7-15(8-6-13)20-18(23)21-16-11-19-22-17(16)14-9-10-24-12-14/h5-12H,2-4H2,1H3,(H,19,22)(H2,20,21,23). The summed E-state index contributed by atoms with van der Waals surface area (Å²) in [6.45, 7) is 2.18. The van der Waals surface area contributed by atoms with Crippen molar-refractivity contribution in [3.8, 4) is 11.3 Å². The molecule has 3 N–H and O–H groups in total. The van der Waals surface area contributed by atoms with Crippen molar-refractivity contribution in [2.75, 3.05) is 10.6 Å². The average Bonchev–Trinajstić information content (AvgIpc) is 3.25. The Kier molecular flexibility index (Phi) is 5.28. The Morgan fingerprint density at radius 3 is 2.75 bits per heavy atom. The Morgan fingerprint density at radius 1 is 1.21 bits per heavy atom. The van der Waals surface area contributed by atoms with Crippen LogP contribution in [-0.2, 0) is 6.42 Å². The summed E-state index contributed by atoms with van der Waals surface area (Å²) in [6, 6.07) is 9.67. The summed E-state index contributed by atoms with van der Waals surface area (Å²) in [6.07, 6.45) is 5.04. The lowest BCUT2D eigenvalue weighted by molar-refractivity contribution is 0.262. The fourth-order valence-corrected chi connectivity index (χ4v) is 3.07. The molecule has 0 unspecified atom stereocenters. The second-order valence-electron chi connectivity index (χ2n) is 5.55. The van der Waals surface area contributed by atoms with Crippen LogP contribution in [0.4, 0.5) is 16.2 Å². The van der Waals surface area contributed by atoms with Crippen LogP contribution < -0.4 is 10.6 Å². The van der Waals surface area contributed by atoms with Gasteiger partial charge >= 0.3 is 6.03 Å². The molecule has 0 radical (unpaired) electrons. The lowest BCUT2D eigenvalue weighted by Gasteiger charge is -2.08. The van der Waals surface area contributed by atoms with Crippen molar-refractivity contribution < 1.29 is 4.79 Å². The number of benzene rings is 1. The van der Waals surface area contributed by atoms with Gasteiger partial charge in [0.25, 0.3) is 0 Å². The van der Waals surface area contributed by atoms with Gasteiger partial charge in [-0.2, -0.15) is 16.4 Å². The van der Waals surface area contributed by atoms with Crippen LogP contribution in [0.2, 0.25) is 0 Å². The van der Waals surface area contributed by atoms with Crippen LogP contribution in [0.15, 0.2) is 47.3 Å². The highest BCUT2D eigenvalue weighted by Crippen LogP contribution is 2.27. The number of unbranched alkanes of at least 4 members (excludes halogenated alkanes) is 1. The van der Waals surface area contributed by atoms with E-state index in [0.717, 1.165) is 23.4 Å². The first kappa shape index (κ1) is 16.3. The van der Waals surface area contributed by atoms with Gasteiger partial charge in [-0.25, -0.2) is 4.79 Å². The van der Waals surface area contributed by atoms with E-state index in [4.69, 9.17) is 0 Å². The van der Waals surface area contributed by atoms with Crippen molar-refractivity contribution in [1.82, 2.24) is 10.2 Å². The van der Waals surface area contributed by atoms with E-state index in [-0.39, 0.29) is 6.03 Å². The second-order valence-corrected chi connectivity index (χ2v) is 6.33. The van der Waals surface area contributed by atoms with Crippen LogP contribution in [0.1, 0.15) is 25.3 Å². The fourth-order valence-electron chi connectivity index (χ4n) is 2.43. The first-order valence-electron chi connectivity index (χ1n) is 7.99. The van der Waals surface area contributed by atoms with Gasteiger partial charge in [0.15, 0.2) is 0 Å². The molecule has 5 nitrogen and oxygen atoms in total. The topological polar surface area (TPSA) is 69.8 Å². The van der Waals surface area contributed by atoms with Crippen LogP contribution in [0.25, 0.3) is 11.3 Å². The van der Waals surface area contributed by atoms with Crippen molar-refractivity contribution in [2.45, 2.75) is 26.2 Å². The molecule has 6 heteroatoms. The Hall–Kier alpha value is -2.60. The number of carbonyl (C=O) groups excluding carboxylic acids is 1. The zero-order valence-corrected chi connectivity index (χ0v) is 14.3. The molecule has 0 saturated carbocycles. The molecule has 3 aromatic rings. The average molecular weight is 340 g/mol. The molecule has 0 atom stereocenters. The van der Waals surface area contributed by atoms with E-state index in [0.29, 0.717) is 5.69 Å². The van der Waals surface area contributed by atoms with Crippen LogP contribution in [-0.4, -0.2) is 16.2 Å². The molecule has 0 aliphatic carbocycles. The molecule has 0 bridgehead atoms. The van der Waals surface area contributed by atoms with Gasteiger partial charge in [0.2, 0.25) is 0 Å². The summed E-state index contributed by atoms with van der Waals surface area (Å²) in [5, 5.41) is 16.6. The van der Waals surface area contributed by atoms with E-state index in [1.54, 1.807) is 17.5 Å². The molecule has 24 heavy (non-hydrogen) atoms. The van der Waals surface area contributed by atoms with Gasteiger partial charge < -0.3 is 10.6 Å². The molecule has 0 spiro atoms. The number of thiophene rings is 1. The summed E-state index contributed by atoms with van der Waals surface area (Å²) in [4.78, 5) is 12.2.